The van der Waals surface area contributed by atoms with Crippen LogP contribution in [0.2, 0.25) is 0 Å². The highest BCUT2D eigenvalue weighted by Crippen LogP contribution is 2.26. The summed E-state index contributed by atoms with van der Waals surface area (Å²) in [5, 5.41) is 57.0. The van der Waals surface area contributed by atoms with Gasteiger partial charge in [-0.3, -0.25) is 9.59 Å². The second-order valence-corrected chi connectivity index (χ2v) is 21.9. The SMILES string of the molecule is CC/C=C/C=C/C=C\C=C/C=C/CCCCCC(=O)OC1C(OCC(NC(=O)C(O)CCCCCCCCCC/C=C\C/C=C\C/C=C\C/C=C\CCCCC)C(O)/C=C/CCCCCCCCCCCCC)OC(CO)C(O)C1O. The third kappa shape index (κ3) is 44.3. The number of amides is 1. The van der Waals surface area contributed by atoms with Crippen LogP contribution in [-0.4, -0.2) is 99.6 Å². The summed E-state index contributed by atoms with van der Waals surface area (Å²) in [5.74, 6) is -1.25. The van der Waals surface area contributed by atoms with Gasteiger partial charge in [0.2, 0.25) is 5.91 Å². The molecule has 0 aromatic heterocycles. The standard InChI is InChI=1S/C70H117NO10/c1-4-7-10-13-16-19-22-25-27-28-29-30-31-32-33-34-35-37-39-42-45-48-51-54-57-63(74)69(78)71-61(62(73)56-53-50-47-44-41-38-24-21-18-15-12-9-6-3)60-79-70-68(67(77)66(76)64(59-72)80-70)81-65(75)58-55-52-49-46-43-40-36-26-23-20-17-14-11-8-5-2/h8,11,14,16-17,19-20,23,25-27,29-30,32-33,36,40,43,53,56,61-64,66-68,70,72-74,76-77H,4-7,9-10,12-13,15,18,21-22,24,28,31,34-35,37-39,41-42,44-52,54-55,57-60H2,1-3H3,(H,71,78)/b11-8+,17-14+,19-16-,23-20-,27-25-,30-29-,33-32-,36-26-,43-40+,56-53+. The summed E-state index contributed by atoms with van der Waals surface area (Å²) in [5.41, 5.74) is 0. The zero-order chi connectivity index (χ0) is 58.9. The Morgan fingerprint density at radius 1 is 0.506 bits per heavy atom. The molecule has 0 saturated carbocycles. The molecule has 0 radical (unpaired) electrons. The average molecular weight is 1130 g/mol. The van der Waals surface area contributed by atoms with Crippen molar-refractivity contribution in [2.75, 3.05) is 13.2 Å². The molecule has 1 saturated heterocycles. The lowest BCUT2D eigenvalue weighted by Gasteiger charge is -2.41. The molecule has 0 aliphatic carbocycles. The normalized spacial score (nSPS) is 19.5. The molecule has 11 heteroatoms. The fourth-order valence-corrected chi connectivity index (χ4v) is 9.36. The van der Waals surface area contributed by atoms with E-state index in [1.54, 1.807) is 6.08 Å². The predicted octanol–water partition coefficient (Wildman–Crippen LogP) is 15.8. The van der Waals surface area contributed by atoms with Gasteiger partial charge in [-0.05, 0) is 89.9 Å². The largest absolute Gasteiger partial charge is 0.454 e. The molecule has 1 aliphatic heterocycles. The molecular formula is C70H117NO10. The fourth-order valence-electron chi connectivity index (χ4n) is 9.36. The maximum absolute atomic E-state index is 13.5. The first-order chi connectivity index (χ1) is 39.7. The van der Waals surface area contributed by atoms with Crippen LogP contribution in [0, 0.1) is 0 Å². The lowest BCUT2D eigenvalue weighted by atomic mass is 9.99. The highest BCUT2D eigenvalue weighted by molar-refractivity contribution is 5.80. The van der Waals surface area contributed by atoms with E-state index in [4.69, 9.17) is 14.2 Å². The maximum atomic E-state index is 13.5. The van der Waals surface area contributed by atoms with Crippen LogP contribution in [0.5, 0.6) is 0 Å². The van der Waals surface area contributed by atoms with E-state index < -0.39 is 67.4 Å². The fraction of sp³-hybridized carbons (Fsp3) is 0.686. The Labute approximate surface area is 493 Å². The molecule has 1 rings (SSSR count). The molecule has 1 heterocycles. The zero-order valence-corrected chi connectivity index (χ0v) is 51.1. The zero-order valence-electron chi connectivity index (χ0n) is 51.1. The van der Waals surface area contributed by atoms with E-state index >= 15 is 0 Å². The van der Waals surface area contributed by atoms with Crippen molar-refractivity contribution in [1.82, 2.24) is 5.32 Å². The minimum absolute atomic E-state index is 0.0673. The van der Waals surface area contributed by atoms with Crippen molar-refractivity contribution >= 4 is 11.9 Å². The minimum atomic E-state index is -1.64. The number of nitrogens with one attached hydrogen (secondary N) is 1. The lowest BCUT2D eigenvalue weighted by molar-refractivity contribution is -0.305. The van der Waals surface area contributed by atoms with Crippen molar-refractivity contribution in [1.29, 1.82) is 0 Å². The molecule has 0 aromatic carbocycles. The Bertz CT molecular complexity index is 1780. The second kappa shape index (κ2) is 56.5. The van der Waals surface area contributed by atoms with Crippen molar-refractivity contribution < 1.29 is 49.3 Å². The Kier molecular flexibility index (Phi) is 52.4. The molecule has 1 fully saturated rings. The quantitative estimate of drug-likeness (QED) is 0.0149. The summed E-state index contributed by atoms with van der Waals surface area (Å²) < 4.78 is 17.6. The lowest BCUT2D eigenvalue weighted by Crippen LogP contribution is -2.61. The number of carbonyl (C=O) groups is 2. The van der Waals surface area contributed by atoms with Crippen molar-refractivity contribution in [3.8, 4) is 0 Å². The van der Waals surface area contributed by atoms with E-state index in [-0.39, 0.29) is 19.4 Å². The van der Waals surface area contributed by atoms with Gasteiger partial charge in [0.05, 0.1) is 25.4 Å². The first-order valence-electron chi connectivity index (χ1n) is 32.4. The van der Waals surface area contributed by atoms with Crippen LogP contribution in [0.25, 0.3) is 0 Å². The van der Waals surface area contributed by atoms with E-state index in [9.17, 15) is 35.1 Å². The van der Waals surface area contributed by atoms with Crippen LogP contribution in [0.15, 0.2) is 122 Å². The predicted molar refractivity (Wildman–Crippen MR) is 338 cm³/mol. The number of hydrogen-bond donors (Lipinski definition) is 6. The number of unbranched alkanes of at least 4 members (excludes halogenated alkanes) is 25. The molecule has 6 N–H and O–H groups in total. The highest BCUT2D eigenvalue weighted by atomic mass is 16.7. The van der Waals surface area contributed by atoms with Gasteiger partial charge >= 0.3 is 5.97 Å². The third-order valence-electron chi connectivity index (χ3n) is 14.5. The smallest absolute Gasteiger partial charge is 0.306 e. The van der Waals surface area contributed by atoms with E-state index in [2.05, 4.69) is 86.8 Å². The van der Waals surface area contributed by atoms with Crippen molar-refractivity contribution in [3.05, 3.63) is 122 Å². The van der Waals surface area contributed by atoms with Crippen LogP contribution in [0.4, 0.5) is 0 Å². The molecule has 8 unspecified atom stereocenters. The van der Waals surface area contributed by atoms with Crippen LogP contribution < -0.4 is 5.32 Å². The molecule has 1 aliphatic rings. The van der Waals surface area contributed by atoms with Crippen molar-refractivity contribution in [2.45, 2.75) is 294 Å². The number of carbonyl (C=O) groups excluding carboxylic acids is 2. The summed E-state index contributed by atoms with van der Waals surface area (Å²) in [7, 11) is 0. The Hall–Kier alpha value is -3.94. The summed E-state index contributed by atoms with van der Waals surface area (Å²) >= 11 is 0. The van der Waals surface area contributed by atoms with Crippen LogP contribution >= 0.6 is 0 Å². The van der Waals surface area contributed by atoms with Crippen LogP contribution in [0.3, 0.4) is 0 Å². The average Bonchev–Trinajstić information content (AvgIpc) is 3.53. The maximum Gasteiger partial charge on any atom is 0.306 e. The molecule has 8 atom stereocenters. The number of aliphatic hydroxyl groups excluding tert-OH is 5. The minimum Gasteiger partial charge on any atom is -0.454 e. The molecule has 0 bridgehead atoms. The van der Waals surface area contributed by atoms with Gasteiger partial charge in [-0.2, -0.15) is 0 Å². The Balaban J connectivity index is 2.68. The molecule has 0 aromatic rings. The number of rotatable bonds is 53. The van der Waals surface area contributed by atoms with Gasteiger partial charge in [0.15, 0.2) is 12.4 Å². The van der Waals surface area contributed by atoms with E-state index in [1.165, 1.54) is 96.3 Å². The summed E-state index contributed by atoms with van der Waals surface area (Å²) in [6.45, 7) is 5.59. The first kappa shape index (κ1) is 75.1. The summed E-state index contributed by atoms with van der Waals surface area (Å²) in [6.07, 6.45) is 68.0. The molecule has 11 nitrogen and oxygen atoms in total. The molecule has 462 valence electrons. The highest BCUT2D eigenvalue weighted by Gasteiger charge is 2.47. The monoisotopic (exact) mass is 1130 g/mol. The number of allylic oxidation sites excluding steroid dienone is 19. The van der Waals surface area contributed by atoms with E-state index in [1.807, 2.05) is 54.7 Å². The summed E-state index contributed by atoms with van der Waals surface area (Å²) in [6, 6.07) is -1.05. The number of ether oxygens (including phenoxy) is 3. The van der Waals surface area contributed by atoms with E-state index in [0.717, 1.165) is 103 Å². The van der Waals surface area contributed by atoms with Crippen molar-refractivity contribution in [3.63, 3.8) is 0 Å². The van der Waals surface area contributed by atoms with Gasteiger partial charge in [-0.1, -0.05) is 271 Å². The number of hydrogen-bond acceptors (Lipinski definition) is 10. The third-order valence-corrected chi connectivity index (χ3v) is 14.5. The van der Waals surface area contributed by atoms with Gasteiger partial charge in [0, 0.05) is 6.42 Å². The molecule has 0 spiro atoms. The molecule has 81 heavy (non-hydrogen) atoms. The van der Waals surface area contributed by atoms with Crippen LogP contribution in [0.1, 0.15) is 245 Å². The summed E-state index contributed by atoms with van der Waals surface area (Å²) in [4.78, 5) is 26.6. The number of aliphatic hydroxyl groups is 5. The first-order valence-corrected chi connectivity index (χ1v) is 32.4. The van der Waals surface area contributed by atoms with Crippen molar-refractivity contribution in [2.24, 2.45) is 0 Å². The van der Waals surface area contributed by atoms with Gasteiger partial charge in [-0.15, -0.1) is 0 Å². The van der Waals surface area contributed by atoms with Crippen LogP contribution in [-0.2, 0) is 23.8 Å². The topological polar surface area (TPSA) is 175 Å². The van der Waals surface area contributed by atoms with Gasteiger partial charge in [0.1, 0.15) is 24.4 Å². The molecule has 1 amide bonds. The molecular weight excluding hydrogens is 1010 g/mol. The van der Waals surface area contributed by atoms with Gasteiger partial charge in [-0.25, -0.2) is 0 Å². The van der Waals surface area contributed by atoms with Gasteiger partial charge < -0.3 is 45.1 Å². The van der Waals surface area contributed by atoms with E-state index in [0.29, 0.717) is 12.8 Å². The van der Waals surface area contributed by atoms with Gasteiger partial charge in [0.25, 0.3) is 0 Å². The number of esters is 1. The Morgan fingerprint density at radius 2 is 0.938 bits per heavy atom. The Morgan fingerprint density at radius 3 is 1.47 bits per heavy atom. The second-order valence-electron chi connectivity index (χ2n) is 21.9.